The van der Waals surface area contributed by atoms with Crippen LogP contribution in [0.25, 0.3) is 0 Å². The first-order valence-electron chi connectivity index (χ1n) is 11.6. The van der Waals surface area contributed by atoms with Gasteiger partial charge >= 0.3 is 17.1 Å². The van der Waals surface area contributed by atoms with Crippen molar-refractivity contribution in [2.24, 2.45) is 0 Å². The number of ether oxygens (including phenoxy) is 2. The zero-order valence-electron chi connectivity index (χ0n) is 19.2. The summed E-state index contributed by atoms with van der Waals surface area (Å²) in [5.74, 6) is -1.28. The van der Waals surface area contributed by atoms with Crippen LogP contribution in [-0.2, 0) is 43.7 Å². The molecule has 1 aromatic carbocycles. The van der Waals surface area contributed by atoms with Crippen LogP contribution in [0.5, 0.6) is 0 Å². The van der Waals surface area contributed by atoms with E-state index in [9.17, 15) is 4.79 Å². The summed E-state index contributed by atoms with van der Waals surface area (Å²) in [7, 11) is 0. The van der Waals surface area contributed by atoms with Crippen LogP contribution in [0.2, 0.25) is 5.02 Å². The predicted molar refractivity (Wildman–Crippen MR) is 131 cm³/mol. The maximum atomic E-state index is 13.1. The van der Waals surface area contributed by atoms with E-state index in [0.29, 0.717) is 30.3 Å². The second-order valence-electron chi connectivity index (χ2n) is 8.43. The molecular formula is C26H27ClFeN4O3+2. The normalized spacial score (nSPS) is 18.9. The monoisotopic (exact) mass is 534 g/mol. The average molecular weight is 535 g/mol. The van der Waals surface area contributed by atoms with Crippen LogP contribution in [0.15, 0.2) is 73.0 Å². The molecule has 1 amide bonds. The third-order valence-corrected chi connectivity index (χ3v) is 6.38. The van der Waals surface area contributed by atoms with Crippen LogP contribution in [0.3, 0.4) is 0 Å². The number of halogens is 1. The van der Waals surface area contributed by atoms with E-state index in [-0.39, 0.29) is 28.9 Å². The molecule has 1 saturated heterocycles. The van der Waals surface area contributed by atoms with Gasteiger partial charge in [-0.3, -0.25) is 9.48 Å². The molecule has 182 valence electrons. The minimum Gasteiger partial charge on any atom is -0.336 e. The van der Waals surface area contributed by atoms with Gasteiger partial charge in [0, 0.05) is 35.8 Å². The molecule has 6 rings (SSSR count). The molecule has 0 atom stereocenters. The largest absolute Gasteiger partial charge is 2.00 e. The zero-order valence-corrected chi connectivity index (χ0v) is 21.1. The molecule has 2 aliphatic heterocycles. The topological polar surface area (TPSA) is 69.5 Å². The number of rotatable bonds is 6. The first-order valence-corrected chi connectivity index (χ1v) is 12.0. The number of hydrogen-bond donors (Lipinski definition) is 0. The molecule has 1 fully saturated rings. The fraction of sp³-hybridized carbons (Fsp3) is 0.346. The molecule has 3 heterocycles. The Labute approximate surface area is 220 Å². The summed E-state index contributed by atoms with van der Waals surface area (Å²) in [6, 6.07) is 5.42. The molecule has 0 unspecified atom stereocenters. The molecule has 7 nitrogen and oxygen atoms in total. The molecule has 0 radical (unpaired) electrons. The zero-order chi connectivity index (χ0) is 23.4. The van der Waals surface area contributed by atoms with Gasteiger partial charge < -0.3 is 14.4 Å². The Morgan fingerprint density at radius 2 is 1.74 bits per heavy atom. The van der Waals surface area contributed by atoms with Crippen molar-refractivity contribution in [2.45, 2.75) is 37.5 Å². The van der Waals surface area contributed by atoms with Gasteiger partial charge in [-0.25, -0.2) is 0 Å². The number of amides is 1. The van der Waals surface area contributed by atoms with Crippen molar-refractivity contribution in [3.05, 3.63) is 89.3 Å². The SMILES string of the molecule is C1=CCC=C1.O=C1N(CCCCn2cc(C3C=CC=C3)nn2)c2ccc(Cl)cc2C12OCCO2.[Fe+2]. The van der Waals surface area contributed by atoms with E-state index in [1.54, 1.807) is 17.0 Å². The van der Waals surface area contributed by atoms with Gasteiger partial charge in [-0.05, 0) is 37.5 Å². The van der Waals surface area contributed by atoms with Crippen LogP contribution >= 0.6 is 11.6 Å². The number of anilines is 1. The maximum absolute atomic E-state index is 13.1. The third kappa shape index (κ3) is 5.37. The van der Waals surface area contributed by atoms with Gasteiger partial charge in [-0.2, -0.15) is 0 Å². The number of carbonyl (C=O) groups excluding carboxylic acids is 1. The van der Waals surface area contributed by atoms with Crippen LogP contribution in [0, 0.1) is 0 Å². The molecule has 0 saturated carbocycles. The molecule has 2 aromatic rings. The van der Waals surface area contributed by atoms with Gasteiger partial charge in [0.15, 0.2) is 0 Å². The number of hydrogen-bond acceptors (Lipinski definition) is 5. The number of allylic oxidation sites excluding steroid dienone is 8. The first kappa shape index (κ1) is 25.6. The van der Waals surface area contributed by atoms with Gasteiger partial charge in [-0.1, -0.05) is 65.4 Å². The van der Waals surface area contributed by atoms with Crippen molar-refractivity contribution >= 4 is 23.2 Å². The predicted octanol–water partition coefficient (Wildman–Crippen LogP) is 4.67. The Balaban J connectivity index is 0.000000431. The summed E-state index contributed by atoms with van der Waals surface area (Å²) >= 11 is 6.16. The van der Waals surface area contributed by atoms with E-state index >= 15 is 0 Å². The maximum Gasteiger partial charge on any atom is 2.00 e. The molecule has 4 aliphatic rings. The van der Waals surface area contributed by atoms with Crippen LogP contribution in [0.4, 0.5) is 5.69 Å². The molecular weight excluding hydrogens is 508 g/mol. The van der Waals surface area contributed by atoms with Crippen molar-refractivity contribution in [1.82, 2.24) is 15.0 Å². The second-order valence-corrected chi connectivity index (χ2v) is 8.87. The number of carbonyl (C=O) groups is 1. The number of nitrogens with zero attached hydrogens (tertiary/aromatic N) is 4. The van der Waals surface area contributed by atoms with Crippen LogP contribution in [0.1, 0.15) is 36.4 Å². The van der Waals surface area contributed by atoms with Crippen molar-refractivity contribution < 1.29 is 31.3 Å². The van der Waals surface area contributed by atoms with Crippen molar-refractivity contribution in [3.8, 4) is 0 Å². The number of fused-ring (bicyclic) bond motifs is 2. The summed E-state index contributed by atoms with van der Waals surface area (Å²) in [5.41, 5.74) is 2.46. The molecule has 9 heteroatoms. The fourth-order valence-corrected chi connectivity index (χ4v) is 4.64. The average Bonchev–Trinajstić information content (AvgIpc) is 3.68. The second kappa shape index (κ2) is 11.5. The molecule has 0 bridgehead atoms. The van der Waals surface area contributed by atoms with E-state index in [1.165, 1.54) is 0 Å². The quantitative estimate of drug-likeness (QED) is 0.398. The molecule has 1 spiro atoms. The smallest absolute Gasteiger partial charge is 0.336 e. The Morgan fingerprint density at radius 1 is 1.03 bits per heavy atom. The molecule has 2 aliphatic carbocycles. The number of benzene rings is 1. The summed E-state index contributed by atoms with van der Waals surface area (Å²) in [4.78, 5) is 14.9. The van der Waals surface area contributed by atoms with Crippen molar-refractivity contribution in [2.75, 3.05) is 24.7 Å². The summed E-state index contributed by atoms with van der Waals surface area (Å²) in [6.07, 6.45) is 21.4. The Hall–Kier alpha value is -2.48. The van der Waals surface area contributed by atoms with E-state index in [4.69, 9.17) is 21.1 Å². The van der Waals surface area contributed by atoms with E-state index in [2.05, 4.69) is 46.8 Å². The minimum atomic E-state index is -1.33. The first-order chi connectivity index (χ1) is 16.7. The van der Waals surface area contributed by atoms with Crippen LogP contribution < -0.4 is 4.90 Å². The van der Waals surface area contributed by atoms with E-state index in [0.717, 1.165) is 37.2 Å². The standard InChI is InChI=1S/C21H21ClN4O3.C5H6.Fe/c22-16-7-8-19-17(13-16)21(28-11-12-29-21)20(27)26(19)10-4-3-9-25-14-18(23-24-25)15-5-1-2-6-15;1-2-4-5-3-1;/h1-2,5-8,13-15H,3-4,9-12H2;1-4H,5H2;/q;;+2. The van der Waals surface area contributed by atoms with Gasteiger partial charge in [0.25, 0.3) is 11.7 Å². The molecule has 35 heavy (non-hydrogen) atoms. The van der Waals surface area contributed by atoms with E-state index in [1.807, 2.05) is 29.1 Å². The number of unbranched alkanes of at least 4 members (excludes halogenated alkanes) is 1. The van der Waals surface area contributed by atoms with Gasteiger partial charge in [-0.15, -0.1) is 5.10 Å². The summed E-state index contributed by atoms with van der Waals surface area (Å²) in [5, 5.41) is 9.03. The summed E-state index contributed by atoms with van der Waals surface area (Å²) in [6.45, 7) is 2.12. The molecule has 1 aromatic heterocycles. The Bertz CT molecular complexity index is 1150. The summed E-state index contributed by atoms with van der Waals surface area (Å²) < 4.78 is 13.4. The fourth-order valence-electron chi connectivity index (χ4n) is 4.46. The van der Waals surface area contributed by atoms with Crippen molar-refractivity contribution in [1.29, 1.82) is 0 Å². The van der Waals surface area contributed by atoms with Crippen molar-refractivity contribution in [3.63, 3.8) is 0 Å². The minimum absolute atomic E-state index is 0. The van der Waals surface area contributed by atoms with Gasteiger partial charge in [0.2, 0.25) is 0 Å². The third-order valence-electron chi connectivity index (χ3n) is 6.14. The van der Waals surface area contributed by atoms with Gasteiger partial charge in [0.05, 0.1) is 24.6 Å². The Morgan fingerprint density at radius 3 is 2.43 bits per heavy atom. The Kier molecular flexibility index (Phi) is 8.42. The van der Waals surface area contributed by atoms with E-state index < -0.39 is 5.79 Å². The van der Waals surface area contributed by atoms with Gasteiger partial charge in [0.1, 0.15) is 0 Å². The number of aromatic nitrogens is 3. The molecule has 0 N–H and O–H groups in total. The number of aryl methyl sites for hydroxylation is 1. The van der Waals surface area contributed by atoms with Crippen LogP contribution in [-0.4, -0.2) is 40.7 Å².